The van der Waals surface area contributed by atoms with Crippen LogP contribution >= 0.6 is 0 Å². The van der Waals surface area contributed by atoms with Crippen molar-refractivity contribution < 1.29 is 18.0 Å². The fourth-order valence-electron chi connectivity index (χ4n) is 3.84. The van der Waals surface area contributed by atoms with Crippen LogP contribution in [-0.2, 0) is 6.18 Å². The smallest absolute Gasteiger partial charge is 0.368 e. The highest BCUT2D eigenvalue weighted by Gasteiger charge is 2.31. The fourth-order valence-corrected chi connectivity index (χ4v) is 3.84. The number of likely N-dealkylation sites (tertiary alicyclic amines) is 1. The van der Waals surface area contributed by atoms with E-state index in [0.29, 0.717) is 35.5 Å². The van der Waals surface area contributed by atoms with Crippen LogP contribution in [0.2, 0.25) is 0 Å². The standard InChI is InChI=1S/C22H20F3N5O/c23-22(24,25)17-7-5-14(6-8-17)18-12-28-21(26)29-19(18)16-4-2-10-30(13-16)20(31)15-3-1-9-27-11-15/h1,3,5-9,11-12,16H,2,4,10,13H2,(H2,26,28,29)/t16-/m0/s1. The monoisotopic (exact) mass is 427 g/mol. The minimum atomic E-state index is -4.41. The molecular formula is C22H20F3N5O. The molecule has 1 fully saturated rings. The number of rotatable bonds is 3. The van der Waals surface area contributed by atoms with E-state index in [0.717, 1.165) is 25.0 Å². The molecule has 31 heavy (non-hydrogen) atoms. The second-order valence-corrected chi connectivity index (χ2v) is 7.43. The number of carbonyl (C=O) groups is 1. The lowest BCUT2D eigenvalue weighted by molar-refractivity contribution is -0.137. The molecule has 1 amide bonds. The maximum absolute atomic E-state index is 12.9. The Kier molecular flexibility index (Phi) is 5.58. The van der Waals surface area contributed by atoms with Crippen molar-refractivity contribution in [3.05, 3.63) is 71.8 Å². The molecule has 2 aromatic heterocycles. The van der Waals surface area contributed by atoms with Crippen LogP contribution in [0.1, 0.15) is 40.4 Å². The summed E-state index contributed by atoms with van der Waals surface area (Å²) < 4.78 is 38.8. The zero-order chi connectivity index (χ0) is 22.0. The molecule has 4 rings (SSSR count). The quantitative estimate of drug-likeness (QED) is 0.679. The summed E-state index contributed by atoms with van der Waals surface area (Å²) in [6, 6.07) is 8.31. The number of aromatic nitrogens is 3. The lowest BCUT2D eigenvalue weighted by Crippen LogP contribution is -2.39. The molecule has 0 spiro atoms. The lowest BCUT2D eigenvalue weighted by Gasteiger charge is -2.33. The van der Waals surface area contributed by atoms with E-state index >= 15 is 0 Å². The maximum atomic E-state index is 12.9. The Hall–Kier alpha value is -3.49. The van der Waals surface area contributed by atoms with E-state index in [1.165, 1.54) is 24.5 Å². The third kappa shape index (κ3) is 4.50. The zero-order valence-electron chi connectivity index (χ0n) is 16.5. The molecule has 2 N–H and O–H groups in total. The van der Waals surface area contributed by atoms with Gasteiger partial charge in [0.25, 0.3) is 5.91 Å². The summed E-state index contributed by atoms with van der Waals surface area (Å²) in [7, 11) is 0. The highest BCUT2D eigenvalue weighted by atomic mass is 19.4. The predicted molar refractivity (Wildman–Crippen MR) is 109 cm³/mol. The van der Waals surface area contributed by atoms with Crippen LogP contribution in [0, 0.1) is 0 Å². The van der Waals surface area contributed by atoms with Gasteiger partial charge < -0.3 is 10.6 Å². The molecule has 0 bridgehead atoms. The molecule has 3 aromatic rings. The van der Waals surface area contributed by atoms with Gasteiger partial charge in [-0.25, -0.2) is 9.97 Å². The van der Waals surface area contributed by atoms with Crippen LogP contribution in [0.5, 0.6) is 0 Å². The van der Waals surface area contributed by atoms with Gasteiger partial charge in [-0.15, -0.1) is 0 Å². The summed E-state index contributed by atoms with van der Waals surface area (Å²) in [5.41, 5.74) is 7.42. The molecule has 160 valence electrons. The maximum Gasteiger partial charge on any atom is 0.416 e. The Morgan fingerprint density at radius 3 is 2.58 bits per heavy atom. The minimum Gasteiger partial charge on any atom is -0.368 e. The first-order valence-corrected chi connectivity index (χ1v) is 9.82. The fraction of sp³-hybridized carbons (Fsp3) is 0.273. The summed E-state index contributed by atoms with van der Waals surface area (Å²) >= 11 is 0. The molecule has 1 aromatic carbocycles. The Morgan fingerprint density at radius 1 is 1.13 bits per heavy atom. The van der Waals surface area contributed by atoms with Gasteiger partial charge in [-0.1, -0.05) is 12.1 Å². The Balaban J connectivity index is 1.63. The van der Waals surface area contributed by atoms with Gasteiger partial charge >= 0.3 is 6.18 Å². The van der Waals surface area contributed by atoms with Gasteiger partial charge in [-0.05, 0) is 42.7 Å². The van der Waals surface area contributed by atoms with E-state index < -0.39 is 11.7 Å². The van der Waals surface area contributed by atoms with Crippen molar-refractivity contribution >= 4 is 11.9 Å². The van der Waals surface area contributed by atoms with Crippen molar-refractivity contribution in [3.63, 3.8) is 0 Å². The van der Waals surface area contributed by atoms with E-state index in [2.05, 4.69) is 15.0 Å². The molecule has 1 atom stereocenters. The first-order valence-electron chi connectivity index (χ1n) is 9.82. The second-order valence-electron chi connectivity index (χ2n) is 7.43. The molecule has 0 aliphatic carbocycles. The number of alkyl halides is 3. The van der Waals surface area contributed by atoms with Crippen molar-refractivity contribution in [2.75, 3.05) is 18.8 Å². The van der Waals surface area contributed by atoms with Crippen molar-refractivity contribution in [1.29, 1.82) is 0 Å². The van der Waals surface area contributed by atoms with Crippen LogP contribution in [0.3, 0.4) is 0 Å². The van der Waals surface area contributed by atoms with Gasteiger partial charge in [-0.3, -0.25) is 9.78 Å². The van der Waals surface area contributed by atoms with Crippen LogP contribution < -0.4 is 5.73 Å². The molecule has 1 aliphatic rings. The number of piperidine rings is 1. The number of amides is 1. The van der Waals surface area contributed by atoms with Gasteiger partial charge in [0, 0.05) is 43.2 Å². The summed E-state index contributed by atoms with van der Waals surface area (Å²) in [5, 5.41) is 0. The largest absolute Gasteiger partial charge is 0.416 e. The van der Waals surface area contributed by atoms with Crippen LogP contribution in [0.4, 0.5) is 19.1 Å². The lowest BCUT2D eigenvalue weighted by atomic mass is 9.89. The molecule has 6 nitrogen and oxygen atoms in total. The van der Waals surface area contributed by atoms with Gasteiger partial charge in [0.05, 0.1) is 16.8 Å². The van der Waals surface area contributed by atoms with Crippen LogP contribution in [-0.4, -0.2) is 38.8 Å². The highest BCUT2D eigenvalue weighted by Crippen LogP contribution is 2.35. The van der Waals surface area contributed by atoms with E-state index in [9.17, 15) is 18.0 Å². The molecule has 9 heteroatoms. The van der Waals surface area contributed by atoms with Crippen molar-refractivity contribution in [1.82, 2.24) is 19.9 Å². The van der Waals surface area contributed by atoms with Gasteiger partial charge in [0.2, 0.25) is 5.95 Å². The number of nitrogen functional groups attached to an aromatic ring is 1. The molecule has 0 radical (unpaired) electrons. The summed E-state index contributed by atoms with van der Waals surface area (Å²) in [5.74, 6) is -0.144. The predicted octanol–water partition coefficient (Wildman–Crippen LogP) is 4.16. The summed E-state index contributed by atoms with van der Waals surface area (Å²) in [6.45, 7) is 1.04. The SMILES string of the molecule is Nc1ncc(-c2ccc(C(F)(F)F)cc2)c([C@H]2CCCN(C(=O)c3cccnc3)C2)n1. The average molecular weight is 427 g/mol. The first-order chi connectivity index (χ1) is 14.8. The van der Waals surface area contributed by atoms with Gasteiger partial charge in [0.1, 0.15) is 0 Å². The number of pyridine rings is 1. The average Bonchev–Trinajstić information content (AvgIpc) is 2.79. The Bertz CT molecular complexity index is 1070. The summed E-state index contributed by atoms with van der Waals surface area (Å²) in [6.07, 6.45) is 1.81. The minimum absolute atomic E-state index is 0.0846. The third-order valence-electron chi connectivity index (χ3n) is 5.36. The highest BCUT2D eigenvalue weighted by molar-refractivity contribution is 5.94. The van der Waals surface area contributed by atoms with E-state index in [4.69, 9.17) is 5.73 Å². The molecular weight excluding hydrogens is 407 g/mol. The topological polar surface area (TPSA) is 85.0 Å². The second kappa shape index (κ2) is 8.33. The molecule has 0 unspecified atom stereocenters. The zero-order valence-corrected chi connectivity index (χ0v) is 16.5. The first kappa shape index (κ1) is 20.8. The van der Waals surface area contributed by atoms with Crippen molar-refractivity contribution in [2.45, 2.75) is 24.9 Å². The van der Waals surface area contributed by atoms with Crippen molar-refractivity contribution in [3.8, 4) is 11.1 Å². The molecule has 0 saturated carbocycles. The Morgan fingerprint density at radius 2 is 1.90 bits per heavy atom. The van der Waals surface area contributed by atoms with E-state index in [1.807, 2.05) is 0 Å². The molecule has 1 aliphatic heterocycles. The third-order valence-corrected chi connectivity index (χ3v) is 5.36. The number of nitrogens with zero attached hydrogens (tertiary/aromatic N) is 4. The normalized spacial score (nSPS) is 16.9. The number of anilines is 1. The number of hydrogen-bond acceptors (Lipinski definition) is 5. The number of benzene rings is 1. The summed E-state index contributed by atoms with van der Waals surface area (Å²) in [4.78, 5) is 27.0. The number of halogens is 3. The number of carbonyl (C=O) groups excluding carboxylic acids is 1. The van der Waals surface area contributed by atoms with Crippen LogP contribution in [0.15, 0.2) is 55.0 Å². The molecule has 1 saturated heterocycles. The van der Waals surface area contributed by atoms with Gasteiger partial charge in [0.15, 0.2) is 0 Å². The number of hydrogen-bond donors (Lipinski definition) is 1. The van der Waals surface area contributed by atoms with Gasteiger partial charge in [-0.2, -0.15) is 13.2 Å². The Labute approximate surface area is 177 Å². The molecule has 3 heterocycles. The van der Waals surface area contributed by atoms with E-state index in [1.54, 1.807) is 23.2 Å². The number of nitrogens with two attached hydrogens (primary N) is 1. The van der Waals surface area contributed by atoms with E-state index in [-0.39, 0.29) is 17.8 Å². The van der Waals surface area contributed by atoms with Crippen molar-refractivity contribution in [2.24, 2.45) is 0 Å². The van der Waals surface area contributed by atoms with Crippen LogP contribution in [0.25, 0.3) is 11.1 Å².